The smallest absolute Gasteiger partial charge is 0.165 e. The fourth-order valence-electron chi connectivity index (χ4n) is 2.34. The van der Waals surface area contributed by atoms with Crippen LogP contribution < -0.4 is 10.1 Å². The lowest BCUT2D eigenvalue weighted by Gasteiger charge is -2.18. The van der Waals surface area contributed by atoms with Crippen molar-refractivity contribution in [1.82, 2.24) is 5.32 Å². The summed E-state index contributed by atoms with van der Waals surface area (Å²) in [4.78, 5) is 0. The zero-order valence-electron chi connectivity index (χ0n) is 12.9. The molecular weight excluding hydrogens is 281 g/mol. The number of halogens is 1. The summed E-state index contributed by atoms with van der Waals surface area (Å²) >= 11 is 0. The quantitative estimate of drug-likeness (QED) is 0.823. The van der Waals surface area contributed by atoms with Gasteiger partial charge in [0.05, 0.1) is 13.2 Å². The molecule has 2 N–H and O–H groups in total. The summed E-state index contributed by atoms with van der Waals surface area (Å²) in [7, 11) is 1.45. The maximum Gasteiger partial charge on any atom is 0.165 e. The minimum atomic E-state index is -0.503. The largest absolute Gasteiger partial charge is 0.494 e. The number of hydrogen-bond acceptors (Lipinski definition) is 3. The fourth-order valence-corrected chi connectivity index (χ4v) is 2.34. The Balaban J connectivity index is 1.85. The van der Waals surface area contributed by atoms with Gasteiger partial charge in [-0.25, -0.2) is 4.39 Å². The lowest BCUT2D eigenvalue weighted by atomic mass is 10.0. The molecule has 4 heteroatoms. The molecular formula is C18H22FNO2. The van der Waals surface area contributed by atoms with E-state index in [2.05, 4.69) is 5.32 Å². The number of aliphatic hydroxyl groups excluding tert-OH is 1. The standard InChI is InChI=1S/C18H22FNO2/c1-13(10-17(21)15-6-4-3-5-7-15)20-12-14-8-9-18(22-2)16(19)11-14/h3-9,11,13,17,20-21H,10,12H2,1-2H3. The van der Waals surface area contributed by atoms with Crippen molar-refractivity contribution in [3.63, 3.8) is 0 Å². The van der Waals surface area contributed by atoms with E-state index >= 15 is 0 Å². The lowest BCUT2D eigenvalue weighted by molar-refractivity contribution is 0.154. The van der Waals surface area contributed by atoms with E-state index in [4.69, 9.17) is 4.74 Å². The van der Waals surface area contributed by atoms with Gasteiger partial charge in [-0.15, -0.1) is 0 Å². The molecule has 22 heavy (non-hydrogen) atoms. The minimum absolute atomic E-state index is 0.111. The topological polar surface area (TPSA) is 41.5 Å². The van der Waals surface area contributed by atoms with Crippen molar-refractivity contribution in [3.8, 4) is 5.75 Å². The average Bonchev–Trinajstić information content (AvgIpc) is 2.54. The van der Waals surface area contributed by atoms with Gasteiger partial charge in [-0.2, -0.15) is 0 Å². The molecule has 0 saturated carbocycles. The van der Waals surface area contributed by atoms with E-state index in [1.165, 1.54) is 13.2 Å². The van der Waals surface area contributed by atoms with Crippen LogP contribution in [-0.2, 0) is 6.54 Å². The van der Waals surface area contributed by atoms with E-state index < -0.39 is 6.10 Å². The van der Waals surface area contributed by atoms with Gasteiger partial charge in [0, 0.05) is 12.6 Å². The Morgan fingerprint density at radius 3 is 2.55 bits per heavy atom. The normalized spacial score (nSPS) is 13.6. The number of rotatable bonds is 7. The predicted octanol–water partition coefficient (Wildman–Crippen LogP) is 3.44. The van der Waals surface area contributed by atoms with Crippen LogP contribution in [0.1, 0.15) is 30.6 Å². The summed E-state index contributed by atoms with van der Waals surface area (Å²) in [5, 5.41) is 13.5. The van der Waals surface area contributed by atoms with Crippen LogP contribution in [0.3, 0.4) is 0 Å². The highest BCUT2D eigenvalue weighted by Gasteiger charge is 2.12. The van der Waals surface area contributed by atoms with Crippen molar-refractivity contribution >= 4 is 0 Å². The summed E-state index contributed by atoms with van der Waals surface area (Å²) in [6.45, 7) is 2.55. The molecule has 0 bridgehead atoms. The highest BCUT2D eigenvalue weighted by molar-refractivity contribution is 5.29. The van der Waals surface area contributed by atoms with Gasteiger partial charge in [0.2, 0.25) is 0 Å². The number of ether oxygens (including phenoxy) is 1. The Kier molecular flexibility index (Phi) is 5.92. The van der Waals surface area contributed by atoms with Crippen molar-refractivity contribution < 1.29 is 14.2 Å². The van der Waals surface area contributed by atoms with Crippen LogP contribution in [-0.4, -0.2) is 18.3 Å². The van der Waals surface area contributed by atoms with E-state index in [-0.39, 0.29) is 17.6 Å². The summed E-state index contributed by atoms with van der Waals surface area (Å²) < 4.78 is 18.5. The molecule has 0 fully saturated rings. The number of aliphatic hydroxyl groups is 1. The van der Waals surface area contributed by atoms with E-state index in [0.717, 1.165) is 11.1 Å². The average molecular weight is 303 g/mol. The molecule has 2 rings (SSSR count). The first kappa shape index (κ1) is 16.5. The second-order valence-corrected chi connectivity index (χ2v) is 5.41. The third-order valence-electron chi connectivity index (χ3n) is 3.63. The summed E-state index contributed by atoms with van der Waals surface area (Å²) in [6.07, 6.45) is 0.0964. The second-order valence-electron chi connectivity index (χ2n) is 5.41. The Hall–Kier alpha value is -1.91. The summed E-state index contributed by atoms with van der Waals surface area (Å²) in [5.74, 6) is -0.116. The molecule has 0 spiro atoms. The molecule has 0 aromatic heterocycles. The van der Waals surface area contributed by atoms with Crippen LogP contribution >= 0.6 is 0 Å². The molecule has 0 saturated heterocycles. The van der Waals surface area contributed by atoms with E-state index in [1.807, 2.05) is 43.3 Å². The van der Waals surface area contributed by atoms with Crippen LogP contribution in [0.5, 0.6) is 5.75 Å². The summed E-state index contributed by atoms with van der Waals surface area (Å²) in [6, 6.07) is 14.6. The molecule has 2 aromatic carbocycles. The third kappa shape index (κ3) is 4.55. The van der Waals surface area contributed by atoms with Crippen LogP contribution in [0.25, 0.3) is 0 Å². The predicted molar refractivity (Wildman–Crippen MR) is 85.3 cm³/mol. The Morgan fingerprint density at radius 1 is 1.18 bits per heavy atom. The molecule has 0 amide bonds. The highest BCUT2D eigenvalue weighted by atomic mass is 19.1. The Morgan fingerprint density at radius 2 is 1.91 bits per heavy atom. The minimum Gasteiger partial charge on any atom is -0.494 e. The van der Waals surface area contributed by atoms with Gasteiger partial charge in [-0.3, -0.25) is 0 Å². The second kappa shape index (κ2) is 7.92. The molecule has 0 radical (unpaired) electrons. The molecule has 2 atom stereocenters. The van der Waals surface area contributed by atoms with Crippen LogP contribution in [0.15, 0.2) is 48.5 Å². The van der Waals surface area contributed by atoms with Gasteiger partial charge in [0.15, 0.2) is 11.6 Å². The molecule has 2 unspecified atom stereocenters. The maximum atomic E-state index is 13.6. The molecule has 118 valence electrons. The van der Waals surface area contributed by atoms with Crippen LogP contribution in [0.4, 0.5) is 4.39 Å². The number of hydrogen-bond donors (Lipinski definition) is 2. The summed E-state index contributed by atoms with van der Waals surface area (Å²) in [5.41, 5.74) is 1.76. The molecule has 0 aliphatic carbocycles. The number of nitrogens with one attached hydrogen (secondary N) is 1. The first-order valence-electron chi connectivity index (χ1n) is 7.39. The molecule has 0 aliphatic heterocycles. The van der Waals surface area contributed by atoms with E-state index in [0.29, 0.717) is 13.0 Å². The monoisotopic (exact) mass is 303 g/mol. The Bertz CT molecular complexity index is 589. The van der Waals surface area contributed by atoms with Crippen molar-refractivity contribution in [2.24, 2.45) is 0 Å². The van der Waals surface area contributed by atoms with Gasteiger partial charge in [-0.05, 0) is 36.6 Å². The van der Waals surface area contributed by atoms with Crippen LogP contribution in [0.2, 0.25) is 0 Å². The van der Waals surface area contributed by atoms with Crippen molar-refractivity contribution in [2.45, 2.75) is 32.0 Å². The SMILES string of the molecule is COc1ccc(CNC(C)CC(O)c2ccccc2)cc1F. The molecule has 0 aliphatic rings. The highest BCUT2D eigenvalue weighted by Crippen LogP contribution is 2.19. The zero-order chi connectivity index (χ0) is 15.9. The number of benzene rings is 2. The van der Waals surface area contributed by atoms with Gasteiger partial charge in [0.25, 0.3) is 0 Å². The third-order valence-corrected chi connectivity index (χ3v) is 3.63. The van der Waals surface area contributed by atoms with Gasteiger partial charge in [-0.1, -0.05) is 36.4 Å². The van der Waals surface area contributed by atoms with Gasteiger partial charge < -0.3 is 15.2 Å². The van der Waals surface area contributed by atoms with Crippen molar-refractivity contribution in [3.05, 3.63) is 65.5 Å². The van der Waals surface area contributed by atoms with Gasteiger partial charge in [0.1, 0.15) is 0 Å². The van der Waals surface area contributed by atoms with E-state index in [9.17, 15) is 9.50 Å². The van der Waals surface area contributed by atoms with E-state index in [1.54, 1.807) is 6.07 Å². The molecule has 0 heterocycles. The lowest BCUT2D eigenvalue weighted by Crippen LogP contribution is -2.27. The fraction of sp³-hybridized carbons (Fsp3) is 0.333. The van der Waals surface area contributed by atoms with Crippen LogP contribution in [0, 0.1) is 5.82 Å². The Labute approximate surface area is 130 Å². The molecule has 2 aromatic rings. The van der Waals surface area contributed by atoms with Crippen molar-refractivity contribution in [1.29, 1.82) is 0 Å². The molecule has 3 nitrogen and oxygen atoms in total. The van der Waals surface area contributed by atoms with Crippen molar-refractivity contribution in [2.75, 3.05) is 7.11 Å². The first-order valence-corrected chi connectivity index (χ1v) is 7.39. The van der Waals surface area contributed by atoms with Gasteiger partial charge >= 0.3 is 0 Å². The first-order chi connectivity index (χ1) is 10.6. The zero-order valence-corrected chi connectivity index (χ0v) is 12.9. The number of methoxy groups -OCH3 is 1. The maximum absolute atomic E-state index is 13.6.